The van der Waals surface area contributed by atoms with E-state index in [-0.39, 0.29) is 10.7 Å². The van der Waals surface area contributed by atoms with E-state index in [1.807, 2.05) is 6.92 Å². The van der Waals surface area contributed by atoms with Crippen LogP contribution < -0.4 is 10.3 Å². The molecule has 4 aromatic rings. The van der Waals surface area contributed by atoms with Crippen molar-refractivity contribution in [3.8, 4) is 22.8 Å². The van der Waals surface area contributed by atoms with Crippen LogP contribution in [0, 0.1) is 12.9 Å². The summed E-state index contributed by atoms with van der Waals surface area (Å²) in [6.45, 7) is 5.32. The summed E-state index contributed by atoms with van der Waals surface area (Å²) in [4.78, 5) is 20.7. The maximum Gasteiger partial charge on any atom is 0.277 e. The van der Waals surface area contributed by atoms with Crippen molar-refractivity contribution < 1.29 is 22.7 Å². The van der Waals surface area contributed by atoms with Gasteiger partial charge in [0.25, 0.3) is 5.56 Å². The van der Waals surface area contributed by atoms with Crippen molar-refractivity contribution in [2.24, 2.45) is 0 Å². The van der Waals surface area contributed by atoms with Crippen LogP contribution in [-0.4, -0.2) is 35.2 Å². The van der Waals surface area contributed by atoms with Gasteiger partial charge in [-0.15, -0.1) is 0 Å². The highest BCUT2D eigenvalue weighted by molar-refractivity contribution is 7.91. The van der Waals surface area contributed by atoms with E-state index in [2.05, 4.69) is 9.97 Å². The van der Waals surface area contributed by atoms with E-state index < -0.39 is 38.2 Å². The molecule has 10 heteroatoms. The van der Waals surface area contributed by atoms with Crippen LogP contribution in [0.4, 0.5) is 4.39 Å². The molecule has 39 heavy (non-hydrogen) atoms. The molecule has 0 saturated heterocycles. The summed E-state index contributed by atoms with van der Waals surface area (Å²) in [5, 5.41) is 10.8. The molecule has 2 aromatic heterocycles. The zero-order chi connectivity index (χ0) is 28.3. The average Bonchev–Trinajstić information content (AvgIpc) is 2.92. The first kappa shape index (κ1) is 28.0. The van der Waals surface area contributed by atoms with E-state index in [4.69, 9.17) is 4.74 Å². The quantitative estimate of drug-likeness (QED) is 0.283. The van der Waals surface area contributed by atoms with E-state index in [0.717, 1.165) is 6.42 Å². The van der Waals surface area contributed by atoms with E-state index in [1.165, 1.54) is 42.1 Å². The number of unbranched alkanes of at least 4 members (excludes halogenated alkanes) is 1. The fourth-order valence-corrected chi connectivity index (χ4v) is 5.94. The molecule has 0 aliphatic carbocycles. The van der Waals surface area contributed by atoms with Gasteiger partial charge in [0.1, 0.15) is 11.6 Å². The monoisotopic (exact) mass is 551 g/mol. The van der Waals surface area contributed by atoms with Gasteiger partial charge < -0.3 is 9.84 Å². The number of rotatable bonds is 9. The molecular formula is C29H30FN3O5S. The Hall–Kier alpha value is -4.05. The highest BCUT2D eigenvalue weighted by atomic mass is 32.2. The van der Waals surface area contributed by atoms with Crippen LogP contribution in [0.3, 0.4) is 0 Å². The number of benzene rings is 2. The van der Waals surface area contributed by atoms with E-state index in [1.54, 1.807) is 44.2 Å². The minimum absolute atomic E-state index is 0.203. The largest absolute Gasteiger partial charge is 0.496 e. The Balaban J connectivity index is 1.86. The van der Waals surface area contributed by atoms with Crippen molar-refractivity contribution in [3.05, 3.63) is 94.0 Å². The van der Waals surface area contributed by atoms with Gasteiger partial charge in [0.2, 0.25) is 21.7 Å². The molecule has 204 valence electrons. The number of hydrogen-bond donors (Lipinski definition) is 1. The second-order valence-corrected chi connectivity index (χ2v) is 11.1. The van der Waals surface area contributed by atoms with Gasteiger partial charge in [0, 0.05) is 23.7 Å². The first-order valence-corrected chi connectivity index (χ1v) is 14.0. The van der Waals surface area contributed by atoms with E-state index in [9.17, 15) is 22.7 Å². The van der Waals surface area contributed by atoms with Crippen molar-refractivity contribution in [1.82, 2.24) is 14.5 Å². The summed E-state index contributed by atoms with van der Waals surface area (Å²) in [6.07, 6.45) is 3.20. The molecule has 0 spiro atoms. The fraction of sp³-hybridized carbons (Fsp3) is 0.276. The molecule has 0 amide bonds. The fourth-order valence-electron chi connectivity index (χ4n) is 4.60. The first-order chi connectivity index (χ1) is 18.6. The summed E-state index contributed by atoms with van der Waals surface area (Å²) in [7, 11) is -2.96. The van der Waals surface area contributed by atoms with Gasteiger partial charge in [-0.3, -0.25) is 9.36 Å². The highest BCUT2D eigenvalue weighted by Gasteiger charge is 2.31. The Morgan fingerprint density at radius 3 is 2.46 bits per heavy atom. The predicted octanol–water partition coefficient (Wildman–Crippen LogP) is 5.25. The lowest BCUT2D eigenvalue weighted by atomic mass is 10.0. The SMILES string of the molecule is CCCCc1nc(O)c(S(=O)(=O)c2ccc(-c3ccnc(F)c3C)cc2)c(=O)n1C(C)c1ccccc1OC. The van der Waals surface area contributed by atoms with Gasteiger partial charge in [-0.1, -0.05) is 43.7 Å². The minimum Gasteiger partial charge on any atom is -0.496 e. The number of halogens is 1. The number of aromatic hydroxyl groups is 1. The molecule has 1 atom stereocenters. The Morgan fingerprint density at radius 1 is 1.10 bits per heavy atom. The lowest BCUT2D eigenvalue weighted by molar-refractivity contribution is 0.394. The number of para-hydroxylation sites is 1. The second-order valence-electron chi connectivity index (χ2n) is 9.18. The summed E-state index contributed by atoms with van der Waals surface area (Å²) in [6, 6.07) is 13.8. The molecule has 0 aliphatic rings. The van der Waals surface area contributed by atoms with Crippen LogP contribution in [0.15, 0.2) is 75.4 Å². The van der Waals surface area contributed by atoms with Gasteiger partial charge in [0.15, 0.2) is 4.90 Å². The number of ether oxygens (including phenoxy) is 1. The van der Waals surface area contributed by atoms with Crippen LogP contribution in [0.5, 0.6) is 11.6 Å². The van der Waals surface area contributed by atoms with Crippen LogP contribution in [0.25, 0.3) is 11.1 Å². The Morgan fingerprint density at radius 2 is 1.79 bits per heavy atom. The molecule has 8 nitrogen and oxygen atoms in total. The molecule has 2 aromatic carbocycles. The lowest BCUT2D eigenvalue weighted by Gasteiger charge is -2.22. The number of aromatic nitrogens is 3. The Kier molecular flexibility index (Phi) is 8.15. The topological polar surface area (TPSA) is 111 Å². The van der Waals surface area contributed by atoms with Gasteiger partial charge >= 0.3 is 0 Å². The van der Waals surface area contributed by atoms with Crippen LogP contribution in [0.2, 0.25) is 0 Å². The number of pyridine rings is 1. The van der Waals surface area contributed by atoms with Crippen molar-refractivity contribution in [2.75, 3.05) is 7.11 Å². The molecule has 0 saturated carbocycles. The standard InChI is InChI=1S/C29H30FN3O5S/c1-5-6-11-25-32-28(34)26(29(35)33(25)19(3)23-9-7-8-10-24(23)38-4)39(36,37)21-14-12-20(13-15-21)22-16-17-31-27(30)18(22)2/h7-10,12-17,19,34H,5-6,11H2,1-4H3. The molecule has 1 N–H and O–H groups in total. The van der Waals surface area contributed by atoms with Crippen molar-refractivity contribution in [3.63, 3.8) is 0 Å². The molecule has 0 bridgehead atoms. The minimum atomic E-state index is -4.47. The molecule has 0 aliphatic heterocycles. The number of nitrogens with zero attached hydrogens (tertiary/aromatic N) is 3. The third-order valence-electron chi connectivity index (χ3n) is 6.75. The maximum atomic E-state index is 13.9. The van der Waals surface area contributed by atoms with Crippen molar-refractivity contribution >= 4 is 9.84 Å². The summed E-state index contributed by atoms with van der Waals surface area (Å²) in [5.74, 6) is -0.643. The number of methoxy groups -OCH3 is 1. The van der Waals surface area contributed by atoms with E-state index >= 15 is 0 Å². The number of aryl methyl sites for hydroxylation is 1. The summed E-state index contributed by atoms with van der Waals surface area (Å²) in [5.41, 5.74) is 1.26. The summed E-state index contributed by atoms with van der Waals surface area (Å²) >= 11 is 0. The normalized spacial score (nSPS) is 12.3. The Labute approximate surface area is 226 Å². The maximum absolute atomic E-state index is 13.9. The van der Waals surface area contributed by atoms with Gasteiger partial charge in [-0.25, -0.2) is 13.4 Å². The lowest BCUT2D eigenvalue weighted by Crippen LogP contribution is -2.33. The third-order valence-corrected chi connectivity index (χ3v) is 8.53. The summed E-state index contributed by atoms with van der Waals surface area (Å²) < 4.78 is 48.1. The smallest absolute Gasteiger partial charge is 0.277 e. The third kappa shape index (κ3) is 5.29. The van der Waals surface area contributed by atoms with Crippen LogP contribution in [0.1, 0.15) is 49.7 Å². The first-order valence-electron chi connectivity index (χ1n) is 12.6. The second kappa shape index (κ2) is 11.4. The van der Waals surface area contributed by atoms with Gasteiger partial charge in [0.05, 0.1) is 18.0 Å². The predicted molar refractivity (Wildman–Crippen MR) is 145 cm³/mol. The average molecular weight is 552 g/mol. The number of hydrogen-bond acceptors (Lipinski definition) is 7. The van der Waals surface area contributed by atoms with E-state index in [0.29, 0.717) is 40.8 Å². The van der Waals surface area contributed by atoms with Crippen LogP contribution in [-0.2, 0) is 16.3 Å². The van der Waals surface area contributed by atoms with Gasteiger partial charge in [-0.05, 0) is 55.7 Å². The molecule has 0 fully saturated rings. The van der Waals surface area contributed by atoms with Crippen molar-refractivity contribution in [1.29, 1.82) is 0 Å². The molecule has 4 rings (SSSR count). The molecule has 1 unspecified atom stereocenters. The molecule has 0 radical (unpaired) electrons. The number of sulfone groups is 1. The Bertz CT molecular complexity index is 1670. The zero-order valence-corrected chi connectivity index (χ0v) is 23.0. The van der Waals surface area contributed by atoms with Crippen LogP contribution >= 0.6 is 0 Å². The zero-order valence-electron chi connectivity index (χ0n) is 22.2. The molecular weight excluding hydrogens is 521 g/mol. The molecule has 2 heterocycles. The van der Waals surface area contributed by atoms with Gasteiger partial charge in [-0.2, -0.15) is 9.37 Å². The van der Waals surface area contributed by atoms with Crippen molar-refractivity contribution in [2.45, 2.75) is 55.9 Å². The highest BCUT2D eigenvalue weighted by Crippen LogP contribution is 2.32.